The number of hydrogen-bond acceptors (Lipinski definition) is 6. The molecule has 0 N–H and O–H groups in total. The van der Waals surface area contributed by atoms with Gasteiger partial charge in [-0.3, -0.25) is 14.4 Å². The maximum absolute atomic E-state index is 12.8. The molecule has 0 saturated carbocycles. The van der Waals surface area contributed by atoms with Crippen LogP contribution in [0.25, 0.3) is 0 Å². The van der Waals surface area contributed by atoms with Crippen LogP contribution >= 0.6 is 0 Å². The maximum Gasteiger partial charge on any atom is 0.306 e. The predicted molar refractivity (Wildman–Crippen MR) is 283 cm³/mol. The van der Waals surface area contributed by atoms with Gasteiger partial charge in [0.2, 0.25) is 0 Å². The summed E-state index contributed by atoms with van der Waals surface area (Å²) in [5.41, 5.74) is 0. The highest BCUT2D eigenvalue weighted by Gasteiger charge is 2.19. The number of ether oxygens (including phenoxy) is 3. The molecule has 0 aliphatic carbocycles. The molecule has 0 aromatic carbocycles. The van der Waals surface area contributed by atoms with Crippen LogP contribution in [-0.4, -0.2) is 37.2 Å². The van der Waals surface area contributed by atoms with Gasteiger partial charge in [-0.25, -0.2) is 0 Å². The zero-order chi connectivity index (χ0) is 47.9. The first kappa shape index (κ1) is 61.3. The summed E-state index contributed by atoms with van der Waals surface area (Å²) in [5.74, 6) is -1.09. The second kappa shape index (κ2) is 52.9. The van der Waals surface area contributed by atoms with Gasteiger partial charge in [0.1, 0.15) is 13.2 Å². The third-order valence-electron chi connectivity index (χ3n) is 10.2. The summed E-state index contributed by atoms with van der Waals surface area (Å²) < 4.78 is 16.7. The fraction of sp³-hybridized carbons (Fsp3) is 0.550. The van der Waals surface area contributed by atoms with E-state index in [2.05, 4.69) is 106 Å². The van der Waals surface area contributed by atoms with Gasteiger partial charge in [0, 0.05) is 19.3 Å². The van der Waals surface area contributed by atoms with E-state index in [4.69, 9.17) is 14.2 Å². The summed E-state index contributed by atoms with van der Waals surface area (Å²) in [5, 5.41) is 0. The van der Waals surface area contributed by atoms with Gasteiger partial charge in [-0.2, -0.15) is 0 Å². The summed E-state index contributed by atoms with van der Waals surface area (Å²) in [6.07, 6.45) is 75.6. The Kier molecular flexibility index (Phi) is 49.1. The molecule has 0 aliphatic heterocycles. The van der Waals surface area contributed by atoms with Crippen LogP contribution in [0.15, 0.2) is 146 Å². The highest BCUT2D eigenvalue weighted by Crippen LogP contribution is 2.12. The van der Waals surface area contributed by atoms with Crippen LogP contribution < -0.4 is 0 Å². The lowest BCUT2D eigenvalue weighted by Crippen LogP contribution is -2.30. The van der Waals surface area contributed by atoms with Crippen molar-refractivity contribution in [1.82, 2.24) is 0 Å². The highest BCUT2D eigenvalue weighted by atomic mass is 16.6. The van der Waals surface area contributed by atoms with Crippen molar-refractivity contribution in [1.29, 1.82) is 0 Å². The Labute approximate surface area is 404 Å². The highest BCUT2D eigenvalue weighted by molar-refractivity contribution is 5.71. The van der Waals surface area contributed by atoms with Crippen molar-refractivity contribution in [3.05, 3.63) is 146 Å². The van der Waals surface area contributed by atoms with Crippen LogP contribution in [-0.2, 0) is 28.6 Å². The van der Waals surface area contributed by atoms with E-state index in [0.29, 0.717) is 19.3 Å². The molecule has 6 heteroatoms. The van der Waals surface area contributed by atoms with Gasteiger partial charge >= 0.3 is 17.9 Å². The molecule has 0 saturated heterocycles. The SMILES string of the molecule is CC\C=C/C=C\C=C/C=C\C=C/CCCCCC(=O)OC(COC(=O)CC/C=C\C/C=C\C/C=C\C/C=C\C/C=C\C/C=C\CC)COC(=O)CCCCC/C=C\CCCCCCCCC. The zero-order valence-corrected chi connectivity index (χ0v) is 41.9. The summed E-state index contributed by atoms with van der Waals surface area (Å²) in [6.45, 7) is 6.23. The van der Waals surface area contributed by atoms with Crippen molar-refractivity contribution in [3.8, 4) is 0 Å². The molecule has 0 heterocycles. The molecule has 368 valence electrons. The zero-order valence-electron chi connectivity index (χ0n) is 41.9. The van der Waals surface area contributed by atoms with Crippen molar-refractivity contribution < 1.29 is 28.6 Å². The maximum atomic E-state index is 12.8. The van der Waals surface area contributed by atoms with E-state index < -0.39 is 6.10 Å². The molecule has 66 heavy (non-hydrogen) atoms. The van der Waals surface area contributed by atoms with Crippen molar-refractivity contribution in [2.75, 3.05) is 13.2 Å². The first-order valence-corrected chi connectivity index (χ1v) is 25.9. The average molecular weight is 909 g/mol. The Morgan fingerprint density at radius 2 is 0.697 bits per heavy atom. The standard InChI is InChI=1S/C60H92O6/c1-4-7-10-13-16-19-22-25-28-29-30-31-33-35-38-41-44-47-50-53-59(62)65-56-57(55-64-58(61)52-49-46-43-40-37-34-27-24-21-18-15-12-9-6-3)66-60(63)54-51-48-45-42-39-36-32-26-23-20-17-14-11-8-5-2/h7-8,10-11,14,16-17,19-20,23,25-26,28,30-32,34-39,44,47,57H,4-6,9,12-13,15,18,21-22,24,27,29,33,40-43,45-46,48-56H2,1-3H3/b10-7-,11-8-,17-14-,19-16-,23-20-,28-25-,31-30-,32-26-,37-34-,38-35-,39-36-,47-44-. The molecule has 0 spiro atoms. The summed E-state index contributed by atoms with van der Waals surface area (Å²) in [6, 6.07) is 0. The van der Waals surface area contributed by atoms with E-state index in [1.165, 1.54) is 44.9 Å². The molecule has 0 aromatic heterocycles. The third kappa shape index (κ3) is 50.3. The van der Waals surface area contributed by atoms with Crippen LogP contribution in [0.1, 0.15) is 194 Å². The number of carbonyl (C=O) groups excluding carboxylic acids is 3. The van der Waals surface area contributed by atoms with Crippen molar-refractivity contribution >= 4 is 17.9 Å². The van der Waals surface area contributed by atoms with Gasteiger partial charge in [-0.15, -0.1) is 0 Å². The second-order valence-electron chi connectivity index (χ2n) is 16.4. The van der Waals surface area contributed by atoms with Crippen LogP contribution in [0.3, 0.4) is 0 Å². The molecule has 0 amide bonds. The van der Waals surface area contributed by atoms with Gasteiger partial charge in [0.15, 0.2) is 6.10 Å². The summed E-state index contributed by atoms with van der Waals surface area (Å²) in [4.78, 5) is 38.0. The number of esters is 3. The van der Waals surface area contributed by atoms with Gasteiger partial charge < -0.3 is 14.2 Å². The fourth-order valence-corrected chi connectivity index (χ4v) is 6.36. The van der Waals surface area contributed by atoms with E-state index in [0.717, 1.165) is 96.3 Å². The van der Waals surface area contributed by atoms with Crippen LogP contribution in [0.4, 0.5) is 0 Å². The van der Waals surface area contributed by atoms with Crippen LogP contribution in [0, 0.1) is 0 Å². The van der Waals surface area contributed by atoms with E-state index in [-0.39, 0.29) is 44.0 Å². The van der Waals surface area contributed by atoms with Gasteiger partial charge in [-0.05, 0) is 103 Å². The van der Waals surface area contributed by atoms with Crippen molar-refractivity contribution in [3.63, 3.8) is 0 Å². The first-order valence-electron chi connectivity index (χ1n) is 25.9. The summed E-state index contributed by atoms with van der Waals surface area (Å²) >= 11 is 0. The van der Waals surface area contributed by atoms with Crippen LogP contribution in [0.2, 0.25) is 0 Å². The average Bonchev–Trinajstić information content (AvgIpc) is 3.31. The molecule has 0 bridgehead atoms. The molecule has 0 aliphatic rings. The number of hydrogen-bond donors (Lipinski definition) is 0. The second-order valence-corrected chi connectivity index (χ2v) is 16.4. The lowest BCUT2D eigenvalue weighted by molar-refractivity contribution is -0.166. The van der Waals surface area contributed by atoms with Crippen molar-refractivity contribution in [2.24, 2.45) is 0 Å². The summed E-state index contributed by atoms with van der Waals surface area (Å²) in [7, 11) is 0. The molecule has 0 rings (SSSR count). The Bertz CT molecular complexity index is 1510. The number of rotatable bonds is 44. The Hall–Kier alpha value is -4.71. The smallest absolute Gasteiger partial charge is 0.306 e. The predicted octanol–water partition coefficient (Wildman–Crippen LogP) is 17.3. The third-order valence-corrected chi connectivity index (χ3v) is 10.2. The van der Waals surface area contributed by atoms with Gasteiger partial charge in [0.05, 0.1) is 0 Å². The fourth-order valence-electron chi connectivity index (χ4n) is 6.36. The molecule has 0 fully saturated rings. The van der Waals surface area contributed by atoms with Gasteiger partial charge in [0.25, 0.3) is 0 Å². The van der Waals surface area contributed by atoms with E-state index in [9.17, 15) is 14.4 Å². The molecule has 0 radical (unpaired) electrons. The minimum absolute atomic E-state index is 0.133. The quantitative estimate of drug-likeness (QED) is 0.0199. The molecular formula is C60H92O6. The largest absolute Gasteiger partial charge is 0.462 e. The molecule has 0 aromatic rings. The topological polar surface area (TPSA) is 78.9 Å². The van der Waals surface area contributed by atoms with Crippen molar-refractivity contribution in [2.45, 2.75) is 200 Å². The Balaban J connectivity index is 4.63. The van der Waals surface area contributed by atoms with E-state index >= 15 is 0 Å². The lowest BCUT2D eigenvalue weighted by Gasteiger charge is -2.18. The Morgan fingerprint density at radius 3 is 1.20 bits per heavy atom. The normalized spacial score (nSPS) is 13.3. The minimum Gasteiger partial charge on any atom is -0.462 e. The Morgan fingerprint density at radius 1 is 0.333 bits per heavy atom. The first-order chi connectivity index (χ1) is 32.5. The van der Waals surface area contributed by atoms with Gasteiger partial charge in [-0.1, -0.05) is 218 Å². The minimum atomic E-state index is -0.843. The molecule has 6 nitrogen and oxygen atoms in total. The van der Waals surface area contributed by atoms with Crippen LogP contribution in [0.5, 0.6) is 0 Å². The molecule has 1 atom stereocenters. The lowest BCUT2D eigenvalue weighted by atomic mass is 10.1. The van der Waals surface area contributed by atoms with E-state index in [1.807, 2.05) is 60.8 Å². The number of carbonyl (C=O) groups is 3. The molecule has 1 unspecified atom stereocenters. The van der Waals surface area contributed by atoms with E-state index in [1.54, 1.807) is 0 Å². The number of unbranched alkanes of at least 4 members (excludes halogenated alkanes) is 13. The molecular weight excluding hydrogens is 817 g/mol. The number of allylic oxidation sites excluding steroid dienone is 24. The monoisotopic (exact) mass is 909 g/mol.